The Morgan fingerprint density at radius 2 is 2.29 bits per heavy atom. The molecule has 0 spiro atoms. The Kier molecular flexibility index (Phi) is 2.21. The summed E-state index contributed by atoms with van der Waals surface area (Å²) in [5.74, 6) is 5.10. The Bertz CT molecular complexity index is 427. The van der Waals surface area contributed by atoms with Crippen LogP contribution in [-0.2, 0) is 4.79 Å². The molecule has 5 heteroatoms. The molecule has 1 atom stereocenters. The summed E-state index contributed by atoms with van der Waals surface area (Å²) < 4.78 is 0. The van der Waals surface area contributed by atoms with Gasteiger partial charge in [-0.25, -0.2) is 4.79 Å². The molecule has 3 amide bonds. The SMILES string of the molecule is O=C1NC(=O)[C@H](C#Cc2cccs2)N1. The maximum Gasteiger partial charge on any atom is 0.322 e. The topological polar surface area (TPSA) is 58.2 Å². The number of urea groups is 1. The highest BCUT2D eigenvalue weighted by Crippen LogP contribution is 2.05. The molecule has 1 aliphatic rings. The van der Waals surface area contributed by atoms with Crippen LogP contribution in [0.3, 0.4) is 0 Å². The van der Waals surface area contributed by atoms with Crippen molar-refractivity contribution < 1.29 is 9.59 Å². The van der Waals surface area contributed by atoms with E-state index in [1.807, 2.05) is 17.5 Å². The monoisotopic (exact) mass is 206 g/mol. The lowest BCUT2D eigenvalue weighted by Crippen LogP contribution is -2.26. The van der Waals surface area contributed by atoms with Gasteiger partial charge in [-0.05, 0) is 11.4 Å². The molecule has 70 valence electrons. The second-order valence-electron chi connectivity index (χ2n) is 2.64. The number of carbonyl (C=O) groups is 2. The van der Waals surface area contributed by atoms with Crippen LogP contribution in [0.1, 0.15) is 4.88 Å². The van der Waals surface area contributed by atoms with Crippen molar-refractivity contribution in [2.75, 3.05) is 0 Å². The van der Waals surface area contributed by atoms with E-state index in [0.717, 1.165) is 4.88 Å². The van der Waals surface area contributed by atoms with Crippen LogP contribution in [0.2, 0.25) is 0 Å². The van der Waals surface area contributed by atoms with Gasteiger partial charge in [-0.3, -0.25) is 10.1 Å². The Hall–Kier alpha value is -1.80. The zero-order chi connectivity index (χ0) is 9.97. The van der Waals surface area contributed by atoms with E-state index in [9.17, 15) is 9.59 Å². The Labute approximate surface area is 84.3 Å². The summed E-state index contributed by atoms with van der Waals surface area (Å²) in [5.41, 5.74) is 0. The lowest BCUT2D eigenvalue weighted by molar-refractivity contribution is -0.119. The first-order valence-corrected chi connectivity index (χ1v) is 4.80. The van der Waals surface area contributed by atoms with E-state index in [-0.39, 0.29) is 5.91 Å². The molecule has 0 saturated carbocycles. The Morgan fingerprint density at radius 1 is 1.43 bits per heavy atom. The fourth-order valence-electron chi connectivity index (χ4n) is 1.01. The van der Waals surface area contributed by atoms with Crippen molar-refractivity contribution in [3.05, 3.63) is 22.4 Å². The second-order valence-corrected chi connectivity index (χ2v) is 3.59. The van der Waals surface area contributed by atoms with Gasteiger partial charge in [0, 0.05) is 0 Å². The largest absolute Gasteiger partial charge is 0.322 e. The van der Waals surface area contributed by atoms with Gasteiger partial charge in [0.1, 0.15) is 0 Å². The predicted octanol–water partition coefficient (Wildman–Crippen LogP) is 0.308. The van der Waals surface area contributed by atoms with Crippen LogP contribution in [0.4, 0.5) is 4.79 Å². The summed E-state index contributed by atoms with van der Waals surface area (Å²) >= 11 is 1.49. The van der Waals surface area contributed by atoms with Gasteiger partial charge in [-0.2, -0.15) is 0 Å². The molecule has 1 aliphatic heterocycles. The normalized spacial score (nSPS) is 19.6. The van der Waals surface area contributed by atoms with Crippen LogP contribution in [0.15, 0.2) is 17.5 Å². The summed E-state index contributed by atoms with van der Waals surface area (Å²) in [6.45, 7) is 0. The molecular formula is C9H6N2O2S. The number of imide groups is 1. The average molecular weight is 206 g/mol. The third-order valence-electron chi connectivity index (χ3n) is 1.64. The summed E-state index contributed by atoms with van der Waals surface area (Å²) in [5, 5.41) is 6.41. The van der Waals surface area contributed by atoms with E-state index in [0.29, 0.717) is 0 Å². The first-order chi connectivity index (χ1) is 6.75. The lowest BCUT2D eigenvalue weighted by atomic mass is 10.3. The third kappa shape index (κ3) is 1.75. The number of hydrogen-bond donors (Lipinski definition) is 2. The zero-order valence-electron chi connectivity index (χ0n) is 7.03. The zero-order valence-corrected chi connectivity index (χ0v) is 7.85. The molecule has 1 aromatic heterocycles. The molecule has 14 heavy (non-hydrogen) atoms. The van der Waals surface area contributed by atoms with Crippen LogP contribution in [0.25, 0.3) is 0 Å². The molecule has 2 heterocycles. The van der Waals surface area contributed by atoms with Gasteiger partial charge < -0.3 is 5.32 Å². The highest BCUT2D eigenvalue weighted by molar-refractivity contribution is 7.10. The number of amides is 3. The first-order valence-electron chi connectivity index (χ1n) is 3.92. The third-order valence-corrected chi connectivity index (χ3v) is 2.42. The van der Waals surface area contributed by atoms with E-state index >= 15 is 0 Å². The average Bonchev–Trinajstić information content (AvgIpc) is 2.72. The van der Waals surface area contributed by atoms with Crippen molar-refractivity contribution in [3.8, 4) is 11.8 Å². The van der Waals surface area contributed by atoms with Crippen molar-refractivity contribution in [3.63, 3.8) is 0 Å². The number of carbonyl (C=O) groups excluding carboxylic acids is 2. The van der Waals surface area contributed by atoms with Gasteiger partial charge in [-0.15, -0.1) is 11.3 Å². The standard InChI is InChI=1S/C9H6N2O2S/c12-8-7(10-9(13)11-8)4-3-6-2-1-5-14-6/h1-2,5,7H,(H2,10,11,12,13)/t7-/m0/s1. The number of thiophene rings is 1. The van der Waals surface area contributed by atoms with E-state index in [2.05, 4.69) is 22.5 Å². The molecule has 1 saturated heterocycles. The Balaban J connectivity index is 2.11. The van der Waals surface area contributed by atoms with E-state index in [4.69, 9.17) is 0 Å². The van der Waals surface area contributed by atoms with Crippen molar-refractivity contribution >= 4 is 23.3 Å². The van der Waals surface area contributed by atoms with E-state index in [1.165, 1.54) is 11.3 Å². The van der Waals surface area contributed by atoms with Crippen LogP contribution < -0.4 is 10.6 Å². The minimum absolute atomic E-state index is 0.390. The highest BCUT2D eigenvalue weighted by Gasteiger charge is 2.27. The maximum atomic E-state index is 11.1. The van der Waals surface area contributed by atoms with Gasteiger partial charge in [-0.1, -0.05) is 17.9 Å². The summed E-state index contributed by atoms with van der Waals surface area (Å²) in [7, 11) is 0. The predicted molar refractivity (Wildman–Crippen MR) is 51.7 cm³/mol. The van der Waals surface area contributed by atoms with Gasteiger partial charge in [0.2, 0.25) is 0 Å². The molecule has 2 rings (SSSR count). The number of hydrogen-bond acceptors (Lipinski definition) is 3. The van der Waals surface area contributed by atoms with Crippen molar-refractivity contribution in [2.24, 2.45) is 0 Å². The molecular weight excluding hydrogens is 200 g/mol. The molecule has 0 aromatic carbocycles. The van der Waals surface area contributed by atoms with Gasteiger partial charge in [0.15, 0.2) is 6.04 Å². The molecule has 0 aliphatic carbocycles. The molecule has 0 bridgehead atoms. The Morgan fingerprint density at radius 3 is 2.86 bits per heavy atom. The molecule has 4 nitrogen and oxygen atoms in total. The molecule has 1 fully saturated rings. The van der Waals surface area contributed by atoms with Crippen LogP contribution >= 0.6 is 11.3 Å². The van der Waals surface area contributed by atoms with Gasteiger partial charge in [0.05, 0.1) is 4.88 Å². The van der Waals surface area contributed by atoms with Crippen LogP contribution in [-0.4, -0.2) is 18.0 Å². The van der Waals surface area contributed by atoms with Crippen LogP contribution in [0.5, 0.6) is 0 Å². The molecule has 2 N–H and O–H groups in total. The smallest absolute Gasteiger partial charge is 0.316 e. The second kappa shape index (κ2) is 3.52. The van der Waals surface area contributed by atoms with E-state index in [1.54, 1.807) is 0 Å². The van der Waals surface area contributed by atoms with Crippen molar-refractivity contribution in [1.82, 2.24) is 10.6 Å². The summed E-state index contributed by atoms with van der Waals surface area (Å²) in [4.78, 5) is 22.6. The summed E-state index contributed by atoms with van der Waals surface area (Å²) in [6, 6.07) is 2.53. The fraction of sp³-hybridized carbons (Fsp3) is 0.111. The maximum absolute atomic E-state index is 11.1. The molecule has 0 unspecified atom stereocenters. The van der Waals surface area contributed by atoms with Gasteiger partial charge in [0.25, 0.3) is 5.91 Å². The molecule has 1 aromatic rings. The summed E-state index contributed by atoms with van der Waals surface area (Å²) in [6.07, 6.45) is 0. The van der Waals surface area contributed by atoms with Crippen molar-refractivity contribution in [1.29, 1.82) is 0 Å². The lowest BCUT2D eigenvalue weighted by Gasteiger charge is -1.93. The van der Waals surface area contributed by atoms with Gasteiger partial charge >= 0.3 is 6.03 Å². The van der Waals surface area contributed by atoms with E-state index < -0.39 is 12.1 Å². The number of nitrogens with one attached hydrogen (secondary N) is 2. The minimum atomic E-state index is -0.718. The quantitative estimate of drug-likeness (QED) is 0.474. The number of rotatable bonds is 0. The van der Waals surface area contributed by atoms with Crippen molar-refractivity contribution in [2.45, 2.75) is 6.04 Å². The molecule has 0 radical (unpaired) electrons. The highest BCUT2D eigenvalue weighted by atomic mass is 32.1. The van der Waals surface area contributed by atoms with Crippen LogP contribution in [0, 0.1) is 11.8 Å². The minimum Gasteiger partial charge on any atom is -0.316 e. The first kappa shape index (κ1) is 8.78. The fourth-order valence-corrected chi connectivity index (χ4v) is 1.59.